The van der Waals surface area contributed by atoms with Crippen LogP contribution >= 0.6 is 0 Å². The van der Waals surface area contributed by atoms with Crippen LogP contribution in [0.15, 0.2) is 47.1 Å². The smallest absolute Gasteiger partial charge is 0.291 e. The number of carbonyl (C=O) groups is 2. The van der Waals surface area contributed by atoms with Crippen LogP contribution in [-0.2, 0) is 0 Å². The van der Waals surface area contributed by atoms with Crippen molar-refractivity contribution in [3.63, 3.8) is 0 Å². The number of nitriles is 2. The van der Waals surface area contributed by atoms with Crippen molar-refractivity contribution in [2.45, 2.75) is 12.8 Å². The van der Waals surface area contributed by atoms with Gasteiger partial charge in [-0.15, -0.1) is 0 Å². The SMILES string of the molecule is N#CCCN(CCC#N)C(=O)c1ccc(NC(=O)c2ccco2)cc1. The number of nitrogens with zero attached hydrogens (tertiary/aromatic N) is 3. The summed E-state index contributed by atoms with van der Waals surface area (Å²) in [5.41, 5.74) is 0.949. The zero-order valence-electron chi connectivity index (χ0n) is 13.4. The zero-order valence-corrected chi connectivity index (χ0v) is 13.4. The number of rotatable bonds is 7. The molecule has 0 radical (unpaired) electrons. The Hall–Kier alpha value is -3.58. The van der Waals surface area contributed by atoms with E-state index in [1.54, 1.807) is 36.4 Å². The number of anilines is 1. The molecule has 126 valence electrons. The molecule has 0 unspecified atom stereocenters. The molecule has 0 saturated heterocycles. The van der Waals surface area contributed by atoms with Crippen molar-refractivity contribution < 1.29 is 14.0 Å². The summed E-state index contributed by atoms with van der Waals surface area (Å²) in [7, 11) is 0. The third-order valence-electron chi connectivity index (χ3n) is 3.41. The molecule has 1 aromatic heterocycles. The van der Waals surface area contributed by atoms with Gasteiger partial charge < -0.3 is 14.6 Å². The standard InChI is InChI=1S/C18H16N4O3/c19-9-2-11-22(12-3-10-20)18(24)14-5-7-15(8-6-14)21-17(23)16-4-1-13-25-16/h1,4-8,13H,2-3,11-12H2,(H,21,23). The van der Waals surface area contributed by atoms with Crippen molar-refractivity contribution in [1.29, 1.82) is 10.5 Å². The number of furan rings is 1. The molecule has 0 aliphatic heterocycles. The first-order valence-corrected chi connectivity index (χ1v) is 7.64. The number of benzene rings is 1. The van der Waals surface area contributed by atoms with Gasteiger partial charge in [-0.05, 0) is 36.4 Å². The number of carbonyl (C=O) groups excluding carboxylic acids is 2. The quantitative estimate of drug-likeness (QED) is 0.836. The Balaban J connectivity index is 2.04. The Kier molecular flexibility index (Phi) is 6.32. The van der Waals surface area contributed by atoms with E-state index in [1.165, 1.54) is 11.2 Å². The summed E-state index contributed by atoms with van der Waals surface area (Å²) in [5, 5.41) is 20.0. The van der Waals surface area contributed by atoms with Crippen LogP contribution < -0.4 is 5.32 Å². The second-order valence-corrected chi connectivity index (χ2v) is 5.12. The van der Waals surface area contributed by atoms with E-state index in [1.807, 2.05) is 12.1 Å². The Morgan fingerprint density at radius 1 is 1.04 bits per heavy atom. The summed E-state index contributed by atoms with van der Waals surface area (Å²) in [6, 6.07) is 13.6. The van der Waals surface area contributed by atoms with Crippen LogP contribution in [0.1, 0.15) is 33.8 Å². The molecule has 2 rings (SSSR count). The predicted octanol–water partition coefficient (Wildman–Crippen LogP) is 2.80. The minimum absolute atomic E-state index is 0.194. The summed E-state index contributed by atoms with van der Waals surface area (Å²) in [6.45, 7) is 0.544. The summed E-state index contributed by atoms with van der Waals surface area (Å²) in [6.07, 6.45) is 1.82. The molecule has 0 fully saturated rings. The van der Waals surface area contributed by atoms with Gasteiger partial charge in [0.25, 0.3) is 11.8 Å². The van der Waals surface area contributed by atoms with Gasteiger partial charge in [0.1, 0.15) is 0 Å². The number of hydrogen-bond donors (Lipinski definition) is 1. The molecule has 2 amide bonds. The summed E-state index contributed by atoms with van der Waals surface area (Å²) >= 11 is 0. The Labute approximate surface area is 145 Å². The molecule has 0 saturated carbocycles. The lowest BCUT2D eigenvalue weighted by molar-refractivity contribution is 0.0762. The fourth-order valence-electron chi connectivity index (χ4n) is 2.16. The van der Waals surface area contributed by atoms with Crippen LogP contribution in [0.4, 0.5) is 5.69 Å². The fraction of sp³-hybridized carbons (Fsp3) is 0.222. The van der Waals surface area contributed by atoms with Gasteiger partial charge >= 0.3 is 0 Å². The molecule has 7 heteroatoms. The molecule has 1 heterocycles. The topological polar surface area (TPSA) is 110 Å². The summed E-state index contributed by atoms with van der Waals surface area (Å²) in [4.78, 5) is 25.9. The Bertz CT molecular complexity index is 780. The molecule has 0 atom stereocenters. The van der Waals surface area contributed by atoms with Crippen molar-refractivity contribution in [3.05, 3.63) is 54.0 Å². The van der Waals surface area contributed by atoms with Gasteiger partial charge in [0.2, 0.25) is 0 Å². The monoisotopic (exact) mass is 336 g/mol. The molecule has 1 N–H and O–H groups in total. The number of amides is 2. The highest BCUT2D eigenvalue weighted by Crippen LogP contribution is 2.14. The molecule has 2 aromatic rings. The maximum absolute atomic E-state index is 12.5. The average molecular weight is 336 g/mol. The van der Waals surface area contributed by atoms with E-state index in [2.05, 4.69) is 5.32 Å². The van der Waals surface area contributed by atoms with Crippen LogP contribution in [0.2, 0.25) is 0 Å². The van der Waals surface area contributed by atoms with Crippen molar-refractivity contribution in [3.8, 4) is 12.1 Å². The van der Waals surface area contributed by atoms with Crippen molar-refractivity contribution in [2.24, 2.45) is 0 Å². The largest absolute Gasteiger partial charge is 0.459 e. The maximum Gasteiger partial charge on any atom is 0.291 e. The minimum atomic E-state index is -0.381. The lowest BCUT2D eigenvalue weighted by Gasteiger charge is -2.20. The van der Waals surface area contributed by atoms with E-state index in [4.69, 9.17) is 14.9 Å². The molecule has 0 aliphatic carbocycles. The second kappa shape index (κ2) is 8.90. The minimum Gasteiger partial charge on any atom is -0.459 e. The van der Waals surface area contributed by atoms with Crippen molar-refractivity contribution in [2.75, 3.05) is 18.4 Å². The van der Waals surface area contributed by atoms with Gasteiger partial charge in [0, 0.05) is 24.3 Å². The summed E-state index contributed by atoms with van der Waals surface area (Å²) in [5.74, 6) is -0.442. The van der Waals surface area contributed by atoms with Crippen LogP contribution in [0, 0.1) is 22.7 Å². The molecule has 25 heavy (non-hydrogen) atoms. The highest BCUT2D eigenvalue weighted by atomic mass is 16.3. The molecule has 0 aliphatic rings. The van der Waals surface area contributed by atoms with E-state index < -0.39 is 0 Å². The van der Waals surface area contributed by atoms with Crippen LogP contribution in [-0.4, -0.2) is 29.8 Å². The van der Waals surface area contributed by atoms with Crippen molar-refractivity contribution >= 4 is 17.5 Å². The van der Waals surface area contributed by atoms with E-state index in [0.29, 0.717) is 11.3 Å². The number of nitrogens with one attached hydrogen (secondary N) is 1. The average Bonchev–Trinajstić information content (AvgIpc) is 3.17. The van der Waals surface area contributed by atoms with Gasteiger partial charge in [0.05, 0.1) is 31.2 Å². The first-order chi connectivity index (χ1) is 12.2. The zero-order chi connectivity index (χ0) is 18.1. The molecular weight excluding hydrogens is 320 g/mol. The third kappa shape index (κ3) is 4.95. The normalized spacial score (nSPS) is 9.68. The molecule has 7 nitrogen and oxygen atoms in total. The highest BCUT2D eigenvalue weighted by Gasteiger charge is 2.15. The fourth-order valence-corrected chi connectivity index (χ4v) is 2.16. The Morgan fingerprint density at radius 3 is 2.20 bits per heavy atom. The van der Waals surface area contributed by atoms with Crippen LogP contribution in [0.5, 0.6) is 0 Å². The second-order valence-electron chi connectivity index (χ2n) is 5.12. The Morgan fingerprint density at radius 2 is 1.68 bits per heavy atom. The molecule has 0 spiro atoms. The van der Waals surface area contributed by atoms with E-state index in [-0.39, 0.29) is 43.5 Å². The molecule has 0 bridgehead atoms. The predicted molar refractivity (Wildman–Crippen MR) is 89.5 cm³/mol. The lowest BCUT2D eigenvalue weighted by Crippen LogP contribution is -2.32. The van der Waals surface area contributed by atoms with Crippen LogP contribution in [0.25, 0.3) is 0 Å². The highest BCUT2D eigenvalue weighted by molar-refractivity contribution is 6.02. The molecular formula is C18H16N4O3. The maximum atomic E-state index is 12.5. The van der Waals surface area contributed by atoms with Gasteiger partial charge in [-0.1, -0.05) is 0 Å². The summed E-state index contributed by atoms with van der Waals surface area (Å²) < 4.78 is 5.01. The lowest BCUT2D eigenvalue weighted by atomic mass is 10.1. The van der Waals surface area contributed by atoms with Crippen molar-refractivity contribution in [1.82, 2.24) is 4.90 Å². The molecule has 1 aromatic carbocycles. The van der Waals surface area contributed by atoms with Gasteiger partial charge in [-0.25, -0.2) is 0 Å². The van der Waals surface area contributed by atoms with Gasteiger partial charge in [-0.3, -0.25) is 9.59 Å². The van der Waals surface area contributed by atoms with Crippen LogP contribution in [0.3, 0.4) is 0 Å². The van der Waals surface area contributed by atoms with E-state index >= 15 is 0 Å². The van der Waals surface area contributed by atoms with Gasteiger partial charge in [-0.2, -0.15) is 10.5 Å². The first-order valence-electron chi connectivity index (χ1n) is 7.64. The van der Waals surface area contributed by atoms with Gasteiger partial charge in [0.15, 0.2) is 5.76 Å². The third-order valence-corrected chi connectivity index (χ3v) is 3.41. The first kappa shape index (κ1) is 17.8. The van der Waals surface area contributed by atoms with E-state index in [0.717, 1.165) is 0 Å². The number of hydrogen-bond acceptors (Lipinski definition) is 5. The van der Waals surface area contributed by atoms with E-state index in [9.17, 15) is 9.59 Å².